The summed E-state index contributed by atoms with van der Waals surface area (Å²) in [6.07, 6.45) is 2.87. The van der Waals surface area contributed by atoms with E-state index in [9.17, 15) is 8.42 Å². The topological polar surface area (TPSA) is 93.0 Å². The van der Waals surface area contributed by atoms with E-state index < -0.39 is 10.0 Å². The molecule has 2 aliphatic rings. The zero-order chi connectivity index (χ0) is 24.3. The van der Waals surface area contributed by atoms with Crippen LogP contribution < -0.4 is 5.32 Å². The SMILES string of the molecule is C[C@H]1CC[C@@](C)(CNc2nc3ccccc3cc2S(=O)(=O)N2CCc3c(nnn3C)C2)C1(C)C. The standard InChI is InChI=1S/C25H34N6O2S/c1-17-10-12-25(4,24(17,2)3)16-26-23-22(14-18-8-6-7-9-19(18)27-23)34(32,33)31-13-11-21-20(15-31)28-29-30(21)5/h6-9,14,17H,10-13,15-16H2,1-5H3,(H,26,27)/t17-,25-/m0/s1. The van der Waals surface area contributed by atoms with Gasteiger partial charge in [-0.2, -0.15) is 4.31 Å². The molecule has 34 heavy (non-hydrogen) atoms. The van der Waals surface area contributed by atoms with Crippen LogP contribution in [0.2, 0.25) is 0 Å². The molecule has 182 valence electrons. The fourth-order valence-electron chi connectivity index (χ4n) is 5.50. The molecule has 2 aromatic heterocycles. The highest BCUT2D eigenvalue weighted by atomic mass is 32.2. The summed E-state index contributed by atoms with van der Waals surface area (Å²) >= 11 is 0. The smallest absolute Gasteiger partial charge is 0.247 e. The molecule has 9 heteroatoms. The lowest BCUT2D eigenvalue weighted by molar-refractivity contribution is 0.109. The fraction of sp³-hybridized carbons (Fsp3) is 0.560. The predicted octanol–water partition coefficient (Wildman–Crippen LogP) is 3.98. The van der Waals surface area contributed by atoms with Crippen molar-refractivity contribution in [3.8, 4) is 0 Å². The van der Waals surface area contributed by atoms with Gasteiger partial charge in [0.15, 0.2) is 0 Å². The van der Waals surface area contributed by atoms with Crippen LogP contribution in [0.5, 0.6) is 0 Å². The van der Waals surface area contributed by atoms with Gasteiger partial charge in [0.1, 0.15) is 16.4 Å². The normalized spacial score (nSPS) is 24.9. The van der Waals surface area contributed by atoms with E-state index in [4.69, 9.17) is 4.98 Å². The third-order valence-corrected chi connectivity index (χ3v) is 10.7. The van der Waals surface area contributed by atoms with Crippen molar-refractivity contribution in [1.82, 2.24) is 24.3 Å². The minimum absolute atomic E-state index is 0.0421. The number of para-hydroxylation sites is 1. The van der Waals surface area contributed by atoms with Gasteiger partial charge < -0.3 is 5.32 Å². The Morgan fingerprint density at radius 1 is 1.21 bits per heavy atom. The van der Waals surface area contributed by atoms with Crippen molar-refractivity contribution in [3.05, 3.63) is 41.7 Å². The molecule has 3 heterocycles. The van der Waals surface area contributed by atoms with Crippen LogP contribution in [0.4, 0.5) is 5.82 Å². The zero-order valence-corrected chi connectivity index (χ0v) is 21.5. The molecule has 8 nitrogen and oxygen atoms in total. The van der Waals surface area contributed by atoms with Gasteiger partial charge in [0.2, 0.25) is 10.0 Å². The number of hydrogen-bond acceptors (Lipinski definition) is 6. The number of benzene rings is 1. The summed E-state index contributed by atoms with van der Waals surface area (Å²) < 4.78 is 31.1. The number of rotatable bonds is 5. The summed E-state index contributed by atoms with van der Waals surface area (Å²) in [4.78, 5) is 5.02. The molecule has 1 fully saturated rings. The largest absolute Gasteiger partial charge is 0.368 e. The molecule has 0 unspecified atom stereocenters. The van der Waals surface area contributed by atoms with E-state index in [-0.39, 0.29) is 22.3 Å². The van der Waals surface area contributed by atoms with Crippen molar-refractivity contribution >= 4 is 26.7 Å². The van der Waals surface area contributed by atoms with Gasteiger partial charge in [0, 0.05) is 31.9 Å². The lowest BCUT2D eigenvalue weighted by Crippen LogP contribution is -2.40. The van der Waals surface area contributed by atoms with Gasteiger partial charge in [-0.15, -0.1) is 5.10 Å². The summed E-state index contributed by atoms with van der Waals surface area (Å²) in [5.41, 5.74) is 2.68. The first-order valence-corrected chi connectivity index (χ1v) is 13.5. The maximum atomic E-state index is 13.9. The molecule has 1 aliphatic heterocycles. The Hall–Kier alpha value is -2.52. The summed E-state index contributed by atoms with van der Waals surface area (Å²) in [5.74, 6) is 1.04. The van der Waals surface area contributed by atoms with Crippen LogP contribution in [-0.4, -0.2) is 45.8 Å². The number of aryl methyl sites for hydroxylation is 1. The molecule has 5 rings (SSSR count). The highest BCUT2D eigenvalue weighted by molar-refractivity contribution is 7.89. The number of sulfonamides is 1. The Morgan fingerprint density at radius 3 is 2.71 bits per heavy atom. The highest BCUT2D eigenvalue weighted by Gasteiger charge is 2.49. The Bertz CT molecular complexity index is 1350. The number of nitrogens with zero attached hydrogens (tertiary/aromatic N) is 5. The van der Waals surface area contributed by atoms with Crippen molar-refractivity contribution in [2.45, 2.75) is 58.4 Å². The van der Waals surface area contributed by atoms with Gasteiger partial charge >= 0.3 is 0 Å². The lowest BCUT2D eigenvalue weighted by atomic mass is 9.66. The highest BCUT2D eigenvalue weighted by Crippen LogP contribution is 2.55. The van der Waals surface area contributed by atoms with Crippen LogP contribution in [0.15, 0.2) is 35.2 Å². The van der Waals surface area contributed by atoms with E-state index in [0.717, 1.165) is 28.7 Å². The number of pyridine rings is 1. The molecule has 1 aliphatic carbocycles. The third kappa shape index (κ3) is 3.60. The molecule has 0 radical (unpaired) electrons. The van der Waals surface area contributed by atoms with Gasteiger partial charge in [-0.3, -0.25) is 4.68 Å². The number of fused-ring (bicyclic) bond motifs is 2. The van der Waals surface area contributed by atoms with Gasteiger partial charge in [-0.05, 0) is 41.7 Å². The Balaban J connectivity index is 1.52. The molecular weight excluding hydrogens is 448 g/mol. The van der Waals surface area contributed by atoms with Gasteiger partial charge in [-0.1, -0.05) is 51.1 Å². The quantitative estimate of drug-likeness (QED) is 0.591. The summed E-state index contributed by atoms with van der Waals surface area (Å²) in [6.45, 7) is 10.6. The Labute approximate surface area is 201 Å². The number of anilines is 1. The summed E-state index contributed by atoms with van der Waals surface area (Å²) in [6, 6.07) is 9.43. The fourth-order valence-corrected chi connectivity index (χ4v) is 7.04. The van der Waals surface area contributed by atoms with Crippen LogP contribution in [0.1, 0.15) is 51.9 Å². The molecule has 0 bridgehead atoms. The molecular formula is C25H34N6O2S. The summed E-state index contributed by atoms with van der Waals surface area (Å²) in [7, 11) is -1.95. The molecule has 2 atom stereocenters. The van der Waals surface area contributed by atoms with Crippen molar-refractivity contribution in [2.24, 2.45) is 23.8 Å². The van der Waals surface area contributed by atoms with Gasteiger partial charge in [-0.25, -0.2) is 13.4 Å². The Morgan fingerprint density at radius 2 is 1.97 bits per heavy atom. The second kappa shape index (κ2) is 8.02. The zero-order valence-electron chi connectivity index (χ0n) is 20.7. The van der Waals surface area contributed by atoms with E-state index in [1.807, 2.05) is 31.3 Å². The Kier molecular flexibility index (Phi) is 5.48. The first kappa shape index (κ1) is 23.2. The minimum atomic E-state index is -3.79. The van der Waals surface area contributed by atoms with Crippen LogP contribution in [0.3, 0.4) is 0 Å². The average molecular weight is 483 g/mol. The van der Waals surface area contributed by atoms with Crippen LogP contribution in [-0.2, 0) is 30.0 Å². The number of nitrogens with one attached hydrogen (secondary N) is 1. The van der Waals surface area contributed by atoms with Crippen molar-refractivity contribution in [2.75, 3.05) is 18.4 Å². The summed E-state index contributed by atoms with van der Waals surface area (Å²) in [5, 5.41) is 12.5. The molecule has 3 aromatic rings. The first-order chi connectivity index (χ1) is 16.0. The van der Waals surface area contributed by atoms with E-state index in [0.29, 0.717) is 31.2 Å². The maximum absolute atomic E-state index is 13.9. The monoisotopic (exact) mass is 482 g/mol. The minimum Gasteiger partial charge on any atom is -0.368 e. The average Bonchev–Trinajstić information content (AvgIpc) is 3.29. The molecule has 1 aromatic carbocycles. The van der Waals surface area contributed by atoms with Gasteiger partial charge in [0.05, 0.1) is 17.8 Å². The van der Waals surface area contributed by atoms with Crippen LogP contribution >= 0.6 is 0 Å². The van der Waals surface area contributed by atoms with Crippen LogP contribution in [0.25, 0.3) is 10.9 Å². The molecule has 0 amide bonds. The maximum Gasteiger partial charge on any atom is 0.247 e. The molecule has 0 spiro atoms. The third-order valence-electron chi connectivity index (χ3n) is 8.82. The van der Waals surface area contributed by atoms with E-state index in [1.165, 1.54) is 10.7 Å². The second-order valence-corrected chi connectivity index (χ2v) is 12.7. The first-order valence-electron chi connectivity index (χ1n) is 12.0. The van der Waals surface area contributed by atoms with Gasteiger partial charge in [0.25, 0.3) is 0 Å². The molecule has 1 N–H and O–H groups in total. The van der Waals surface area contributed by atoms with Crippen molar-refractivity contribution in [1.29, 1.82) is 0 Å². The van der Waals surface area contributed by atoms with E-state index in [2.05, 4.69) is 43.3 Å². The second-order valence-electron chi connectivity index (χ2n) is 10.8. The van der Waals surface area contributed by atoms with E-state index in [1.54, 1.807) is 10.7 Å². The predicted molar refractivity (Wildman–Crippen MR) is 133 cm³/mol. The van der Waals surface area contributed by atoms with E-state index >= 15 is 0 Å². The van der Waals surface area contributed by atoms with Crippen molar-refractivity contribution < 1.29 is 8.42 Å². The van der Waals surface area contributed by atoms with Crippen molar-refractivity contribution in [3.63, 3.8) is 0 Å². The molecule has 1 saturated carbocycles. The number of aromatic nitrogens is 4. The lowest BCUT2D eigenvalue weighted by Gasteiger charge is -2.41. The molecule has 0 saturated heterocycles. The number of hydrogen-bond donors (Lipinski definition) is 1. The van der Waals surface area contributed by atoms with Crippen LogP contribution in [0, 0.1) is 16.7 Å².